The van der Waals surface area contributed by atoms with Crippen LogP contribution in [-0.4, -0.2) is 14.5 Å². The fourth-order valence-corrected chi connectivity index (χ4v) is 3.70. The van der Waals surface area contributed by atoms with Crippen molar-refractivity contribution in [1.29, 1.82) is 0 Å². The van der Waals surface area contributed by atoms with Crippen LogP contribution in [0.4, 0.5) is 5.69 Å². The minimum Gasteiger partial charge on any atom is -0.398 e. The van der Waals surface area contributed by atoms with E-state index < -0.39 is 10.0 Å². The fraction of sp³-hybridized carbons (Fsp3) is 0.500. The lowest BCUT2D eigenvalue weighted by molar-refractivity contribution is 0.568. The maximum absolute atomic E-state index is 12.2. The Hall–Kier alpha value is -1.07. The molecule has 17 heavy (non-hydrogen) atoms. The lowest BCUT2D eigenvalue weighted by Crippen LogP contribution is -2.31. The van der Waals surface area contributed by atoms with Crippen LogP contribution in [0.25, 0.3) is 0 Å². The Morgan fingerprint density at radius 3 is 2.18 bits per heavy atom. The highest BCUT2D eigenvalue weighted by Gasteiger charge is 2.22. The number of anilines is 1. The molecule has 0 bridgehead atoms. The van der Waals surface area contributed by atoms with E-state index in [1.165, 1.54) is 0 Å². The number of nitrogens with two attached hydrogens (primary N) is 1. The summed E-state index contributed by atoms with van der Waals surface area (Å²) in [7, 11) is -3.49. The quantitative estimate of drug-likeness (QED) is 0.811. The van der Waals surface area contributed by atoms with Crippen molar-refractivity contribution in [2.24, 2.45) is 0 Å². The summed E-state index contributed by atoms with van der Waals surface area (Å²) in [4.78, 5) is 0.300. The molecule has 3 N–H and O–H groups in total. The molecule has 0 radical (unpaired) electrons. The largest absolute Gasteiger partial charge is 0.398 e. The molecule has 0 aliphatic rings. The molecule has 0 aliphatic carbocycles. The van der Waals surface area contributed by atoms with Gasteiger partial charge in [0, 0.05) is 11.7 Å². The predicted molar refractivity (Wildman–Crippen MR) is 70.5 cm³/mol. The smallest absolute Gasteiger partial charge is 0.241 e. The molecule has 0 spiro atoms. The molecule has 0 aliphatic heterocycles. The van der Waals surface area contributed by atoms with E-state index in [0.29, 0.717) is 16.1 Å². The van der Waals surface area contributed by atoms with E-state index in [0.717, 1.165) is 11.1 Å². The molecule has 5 heteroatoms. The highest BCUT2D eigenvalue weighted by molar-refractivity contribution is 7.89. The third kappa shape index (κ3) is 2.79. The molecule has 1 rings (SSSR count). The average Bonchev–Trinajstić information content (AvgIpc) is 2.11. The Bertz CT molecular complexity index is 534. The molecule has 0 saturated heterocycles. The van der Waals surface area contributed by atoms with Crippen LogP contribution >= 0.6 is 0 Å². The van der Waals surface area contributed by atoms with Gasteiger partial charge in [-0.15, -0.1) is 0 Å². The van der Waals surface area contributed by atoms with Gasteiger partial charge in [-0.2, -0.15) is 0 Å². The second-order valence-corrected chi connectivity index (χ2v) is 6.30. The van der Waals surface area contributed by atoms with Gasteiger partial charge >= 0.3 is 0 Å². The lowest BCUT2D eigenvalue weighted by atomic mass is 10.1. The van der Waals surface area contributed by atoms with Gasteiger partial charge in [0.1, 0.15) is 0 Å². The predicted octanol–water partition coefficient (Wildman–Crippen LogP) is 1.88. The van der Waals surface area contributed by atoms with E-state index in [1.807, 2.05) is 6.92 Å². The Balaban J connectivity index is 3.47. The van der Waals surface area contributed by atoms with Gasteiger partial charge in [-0.3, -0.25) is 0 Å². The number of aryl methyl sites for hydroxylation is 2. The van der Waals surface area contributed by atoms with E-state index >= 15 is 0 Å². The van der Waals surface area contributed by atoms with Crippen LogP contribution < -0.4 is 10.5 Å². The van der Waals surface area contributed by atoms with E-state index in [1.54, 1.807) is 33.8 Å². The van der Waals surface area contributed by atoms with Crippen molar-refractivity contribution in [3.05, 3.63) is 22.8 Å². The van der Waals surface area contributed by atoms with E-state index in [2.05, 4.69) is 4.72 Å². The monoisotopic (exact) mass is 256 g/mol. The molecule has 1 aromatic carbocycles. The second kappa shape index (κ2) is 4.66. The maximum Gasteiger partial charge on any atom is 0.241 e. The van der Waals surface area contributed by atoms with Crippen molar-refractivity contribution < 1.29 is 8.42 Å². The zero-order valence-corrected chi connectivity index (χ0v) is 11.8. The Labute approximate surface area is 103 Å². The standard InChI is InChI=1S/C12H20N2O2S/c1-7(2)14-17(15,16)12-9(4)6-8(3)11(13)10(12)5/h6-7,14H,13H2,1-5H3. The summed E-state index contributed by atoms with van der Waals surface area (Å²) in [5.74, 6) is 0. The van der Waals surface area contributed by atoms with Gasteiger partial charge in [-0.05, 0) is 51.3 Å². The third-order valence-corrected chi connectivity index (χ3v) is 4.57. The van der Waals surface area contributed by atoms with Crippen LogP contribution in [0.5, 0.6) is 0 Å². The van der Waals surface area contributed by atoms with Gasteiger partial charge < -0.3 is 5.73 Å². The Morgan fingerprint density at radius 2 is 1.71 bits per heavy atom. The molecule has 4 nitrogen and oxygen atoms in total. The first-order valence-corrected chi connectivity index (χ1v) is 7.03. The SMILES string of the molecule is Cc1cc(C)c(S(=O)(=O)NC(C)C)c(C)c1N. The van der Waals surface area contributed by atoms with Crippen molar-refractivity contribution in [2.45, 2.75) is 45.6 Å². The number of rotatable bonds is 3. The van der Waals surface area contributed by atoms with E-state index in [4.69, 9.17) is 5.73 Å². The van der Waals surface area contributed by atoms with Gasteiger partial charge in [0.2, 0.25) is 10.0 Å². The first-order valence-electron chi connectivity index (χ1n) is 5.55. The van der Waals surface area contributed by atoms with Gasteiger partial charge in [0.15, 0.2) is 0 Å². The van der Waals surface area contributed by atoms with Crippen LogP contribution in [0.1, 0.15) is 30.5 Å². The normalized spacial score (nSPS) is 12.1. The van der Waals surface area contributed by atoms with Crippen molar-refractivity contribution in [3.63, 3.8) is 0 Å². The molecule has 0 fully saturated rings. The van der Waals surface area contributed by atoms with Crippen molar-refractivity contribution in [1.82, 2.24) is 4.72 Å². The zero-order chi connectivity index (χ0) is 13.4. The van der Waals surface area contributed by atoms with Crippen LogP contribution in [0.3, 0.4) is 0 Å². The van der Waals surface area contributed by atoms with Crippen molar-refractivity contribution in [3.8, 4) is 0 Å². The summed E-state index contributed by atoms with van der Waals surface area (Å²) in [6.45, 7) is 8.99. The van der Waals surface area contributed by atoms with E-state index in [9.17, 15) is 8.42 Å². The Morgan fingerprint density at radius 1 is 1.18 bits per heavy atom. The molecular weight excluding hydrogens is 236 g/mol. The molecule has 1 aromatic rings. The summed E-state index contributed by atoms with van der Waals surface area (Å²) in [6, 6.07) is 1.67. The van der Waals surface area contributed by atoms with Crippen molar-refractivity contribution in [2.75, 3.05) is 5.73 Å². The van der Waals surface area contributed by atoms with Crippen LogP contribution in [-0.2, 0) is 10.0 Å². The molecule has 0 atom stereocenters. The summed E-state index contributed by atoms with van der Waals surface area (Å²) in [5, 5.41) is 0. The second-order valence-electron chi connectivity index (χ2n) is 4.65. The van der Waals surface area contributed by atoms with Gasteiger partial charge in [-0.1, -0.05) is 6.07 Å². The topological polar surface area (TPSA) is 72.2 Å². The molecule has 0 heterocycles. The molecule has 96 valence electrons. The van der Waals surface area contributed by atoms with Crippen LogP contribution in [0.15, 0.2) is 11.0 Å². The molecule has 0 amide bonds. The van der Waals surface area contributed by atoms with Crippen LogP contribution in [0, 0.1) is 20.8 Å². The van der Waals surface area contributed by atoms with Gasteiger partial charge in [0.05, 0.1) is 4.90 Å². The highest BCUT2D eigenvalue weighted by atomic mass is 32.2. The molecule has 0 unspecified atom stereocenters. The molecular formula is C12H20N2O2S. The number of hydrogen-bond acceptors (Lipinski definition) is 3. The summed E-state index contributed by atoms with van der Waals surface area (Å²) in [6.07, 6.45) is 0. The number of nitrogens with one attached hydrogen (secondary N) is 1. The van der Waals surface area contributed by atoms with Gasteiger partial charge in [0.25, 0.3) is 0 Å². The third-order valence-electron chi connectivity index (χ3n) is 2.62. The van der Waals surface area contributed by atoms with Gasteiger partial charge in [-0.25, -0.2) is 13.1 Å². The molecule has 0 aromatic heterocycles. The number of hydrogen-bond donors (Lipinski definition) is 2. The van der Waals surface area contributed by atoms with Crippen molar-refractivity contribution >= 4 is 15.7 Å². The fourth-order valence-electron chi connectivity index (χ4n) is 1.96. The number of benzene rings is 1. The minimum atomic E-state index is -3.49. The number of nitrogen functional groups attached to an aromatic ring is 1. The highest BCUT2D eigenvalue weighted by Crippen LogP contribution is 2.27. The average molecular weight is 256 g/mol. The first-order chi connectivity index (χ1) is 7.66. The Kier molecular flexibility index (Phi) is 3.84. The maximum atomic E-state index is 12.2. The minimum absolute atomic E-state index is 0.138. The molecule has 0 saturated carbocycles. The summed E-state index contributed by atoms with van der Waals surface area (Å²) >= 11 is 0. The van der Waals surface area contributed by atoms with E-state index in [-0.39, 0.29) is 6.04 Å². The van der Waals surface area contributed by atoms with Crippen LogP contribution in [0.2, 0.25) is 0 Å². The summed E-state index contributed by atoms with van der Waals surface area (Å²) in [5.41, 5.74) is 8.68. The lowest BCUT2D eigenvalue weighted by Gasteiger charge is -2.17. The number of sulfonamides is 1. The first kappa shape index (κ1) is 14.0. The summed E-state index contributed by atoms with van der Waals surface area (Å²) < 4.78 is 26.9. The zero-order valence-electron chi connectivity index (χ0n) is 11.0.